The summed E-state index contributed by atoms with van der Waals surface area (Å²) in [5.41, 5.74) is 7.34. The van der Waals surface area contributed by atoms with Gasteiger partial charge in [0.2, 0.25) is 0 Å². The molecule has 0 spiro atoms. The van der Waals surface area contributed by atoms with Gasteiger partial charge in [0.15, 0.2) is 0 Å². The highest BCUT2D eigenvalue weighted by molar-refractivity contribution is 5.36. The Labute approximate surface area is 102 Å². The van der Waals surface area contributed by atoms with Crippen molar-refractivity contribution < 1.29 is 0 Å². The minimum absolute atomic E-state index is 0.0580. The van der Waals surface area contributed by atoms with Gasteiger partial charge in [0, 0.05) is 6.20 Å². The topological polar surface area (TPSA) is 50.9 Å². The van der Waals surface area contributed by atoms with Crippen LogP contribution in [0.3, 0.4) is 0 Å². The molecule has 0 radical (unpaired) electrons. The van der Waals surface area contributed by atoms with Crippen LogP contribution in [0.2, 0.25) is 0 Å². The van der Waals surface area contributed by atoms with Gasteiger partial charge in [-0.25, -0.2) is 5.43 Å². The third-order valence-electron chi connectivity index (χ3n) is 2.99. The van der Waals surface area contributed by atoms with E-state index in [1.165, 1.54) is 5.56 Å². The van der Waals surface area contributed by atoms with Crippen molar-refractivity contribution in [3.8, 4) is 0 Å². The van der Waals surface area contributed by atoms with Crippen molar-refractivity contribution in [2.75, 3.05) is 0 Å². The Hall–Kier alpha value is -1.71. The first-order valence-electron chi connectivity index (χ1n) is 5.67. The molecule has 0 saturated carbocycles. The van der Waals surface area contributed by atoms with Crippen molar-refractivity contribution >= 4 is 0 Å². The second-order valence-electron chi connectivity index (χ2n) is 4.16. The maximum absolute atomic E-state index is 5.68. The molecule has 0 saturated heterocycles. The molecule has 0 bridgehead atoms. The van der Waals surface area contributed by atoms with Crippen LogP contribution in [0.15, 0.2) is 42.6 Å². The molecule has 1 unspecified atom stereocenters. The summed E-state index contributed by atoms with van der Waals surface area (Å²) in [5.74, 6) is 5.68. The molecule has 0 amide bonds. The van der Waals surface area contributed by atoms with E-state index in [0.29, 0.717) is 0 Å². The van der Waals surface area contributed by atoms with Crippen molar-refractivity contribution in [2.24, 2.45) is 5.84 Å². The summed E-state index contributed by atoms with van der Waals surface area (Å²) in [4.78, 5) is 4.42. The smallest absolute Gasteiger partial charge is 0.0886 e. The van der Waals surface area contributed by atoms with Crippen LogP contribution in [-0.4, -0.2) is 4.98 Å². The van der Waals surface area contributed by atoms with Crippen molar-refractivity contribution in [3.63, 3.8) is 0 Å². The molecule has 2 rings (SSSR count). The number of hydrogen-bond donors (Lipinski definition) is 2. The number of nitrogens with two attached hydrogens (primary N) is 1. The fraction of sp³-hybridized carbons (Fsp3) is 0.214. The number of pyridine rings is 1. The van der Waals surface area contributed by atoms with Crippen LogP contribution in [0.25, 0.3) is 0 Å². The van der Waals surface area contributed by atoms with Gasteiger partial charge in [0.25, 0.3) is 0 Å². The van der Waals surface area contributed by atoms with E-state index in [-0.39, 0.29) is 6.04 Å². The number of aromatic nitrogens is 1. The monoisotopic (exact) mass is 227 g/mol. The van der Waals surface area contributed by atoms with E-state index < -0.39 is 0 Å². The largest absolute Gasteiger partial charge is 0.271 e. The number of hydrogen-bond acceptors (Lipinski definition) is 3. The molecular weight excluding hydrogens is 210 g/mol. The molecule has 17 heavy (non-hydrogen) atoms. The molecule has 0 aliphatic heterocycles. The lowest BCUT2D eigenvalue weighted by Crippen LogP contribution is -2.30. The Morgan fingerprint density at radius 3 is 2.41 bits per heavy atom. The third-order valence-corrected chi connectivity index (χ3v) is 2.99. The zero-order chi connectivity index (χ0) is 12.3. The molecule has 0 aliphatic rings. The van der Waals surface area contributed by atoms with Crippen molar-refractivity contribution in [1.82, 2.24) is 10.4 Å². The number of aryl methyl sites for hydroxylation is 2. The summed E-state index contributed by atoms with van der Waals surface area (Å²) in [7, 11) is 0. The number of nitrogens with one attached hydrogen (secondary N) is 1. The fourth-order valence-electron chi connectivity index (χ4n) is 2.03. The minimum Gasteiger partial charge on any atom is -0.271 e. The molecule has 88 valence electrons. The van der Waals surface area contributed by atoms with Crippen molar-refractivity contribution in [3.05, 3.63) is 65.0 Å². The van der Waals surface area contributed by atoms with Crippen LogP contribution in [0, 0.1) is 13.8 Å². The summed E-state index contributed by atoms with van der Waals surface area (Å²) in [6, 6.07) is 12.1. The average molecular weight is 227 g/mol. The second-order valence-corrected chi connectivity index (χ2v) is 4.16. The van der Waals surface area contributed by atoms with E-state index in [4.69, 9.17) is 5.84 Å². The van der Waals surface area contributed by atoms with Gasteiger partial charge in [-0.1, -0.05) is 30.3 Å². The highest BCUT2D eigenvalue weighted by atomic mass is 15.2. The van der Waals surface area contributed by atoms with E-state index >= 15 is 0 Å². The van der Waals surface area contributed by atoms with Gasteiger partial charge in [-0.15, -0.1) is 0 Å². The lowest BCUT2D eigenvalue weighted by atomic mass is 9.97. The molecule has 3 N–H and O–H groups in total. The molecule has 1 aromatic carbocycles. The minimum atomic E-state index is -0.0580. The summed E-state index contributed by atoms with van der Waals surface area (Å²) in [6.45, 7) is 4.13. The predicted octanol–water partition coefficient (Wildman–Crippen LogP) is 2.25. The second kappa shape index (κ2) is 5.08. The van der Waals surface area contributed by atoms with Crippen LogP contribution < -0.4 is 11.3 Å². The Kier molecular flexibility index (Phi) is 3.52. The summed E-state index contributed by atoms with van der Waals surface area (Å²) in [5, 5.41) is 0. The summed E-state index contributed by atoms with van der Waals surface area (Å²) < 4.78 is 0. The van der Waals surface area contributed by atoms with Crippen molar-refractivity contribution in [1.29, 1.82) is 0 Å². The normalized spacial score (nSPS) is 12.4. The van der Waals surface area contributed by atoms with Crippen LogP contribution in [0.4, 0.5) is 0 Å². The van der Waals surface area contributed by atoms with Crippen LogP contribution in [0.5, 0.6) is 0 Å². The first kappa shape index (κ1) is 11.8. The molecule has 2 aromatic rings. The predicted molar refractivity (Wildman–Crippen MR) is 69.3 cm³/mol. The van der Waals surface area contributed by atoms with Gasteiger partial charge in [-0.3, -0.25) is 10.8 Å². The Morgan fingerprint density at radius 2 is 1.76 bits per heavy atom. The zero-order valence-corrected chi connectivity index (χ0v) is 10.1. The van der Waals surface area contributed by atoms with E-state index in [2.05, 4.69) is 29.5 Å². The van der Waals surface area contributed by atoms with Gasteiger partial charge in [0.1, 0.15) is 0 Å². The van der Waals surface area contributed by atoms with Crippen molar-refractivity contribution in [2.45, 2.75) is 19.9 Å². The first-order valence-corrected chi connectivity index (χ1v) is 5.67. The molecular formula is C14H17N3. The third kappa shape index (κ3) is 2.35. The lowest BCUT2D eigenvalue weighted by molar-refractivity contribution is 0.614. The number of hydrazine groups is 1. The number of rotatable bonds is 3. The Balaban J connectivity index is 2.48. The average Bonchev–Trinajstić information content (AvgIpc) is 2.34. The maximum Gasteiger partial charge on any atom is 0.0886 e. The fourth-order valence-corrected chi connectivity index (χ4v) is 2.03. The maximum atomic E-state index is 5.68. The van der Waals surface area contributed by atoms with Gasteiger partial charge in [0.05, 0.1) is 11.7 Å². The highest BCUT2D eigenvalue weighted by Crippen LogP contribution is 2.24. The Bertz CT molecular complexity index is 463. The standard InChI is InChI=1S/C14H17N3/c1-10-6-3-4-8-12(10)14(17-15)13-11(2)7-5-9-16-13/h3-9,14,17H,15H2,1-2H3. The van der Waals surface area contributed by atoms with Gasteiger partial charge >= 0.3 is 0 Å². The van der Waals surface area contributed by atoms with E-state index in [0.717, 1.165) is 16.8 Å². The number of benzene rings is 1. The van der Waals surface area contributed by atoms with Crippen LogP contribution in [-0.2, 0) is 0 Å². The van der Waals surface area contributed by atoms with E-state index in [1.807, 2.05) is 31.2 Å². The SMILES string of the molecule is Cc1ccccc1C(NN)c1ncccc1C. The number of nitrogens with zero attached hydrogens (tertiary/aromatic N) is 1. The molecule has 3 heteroatoms. The summed E-state index contributed by atoms with van der Waals surface area (Å²) >= 11 is 0. The van der Waals surface area contributed by atoms with Crippen LogP contribution in [0.1, 0.15) is 28.4 Å². The van der Waals surface area contributed by atoms with Gasteiger partial charge in [-0.2, -0.15) is 0 Å². The first-order chi connectivity index (χ1) is 8.24. The molecule has 0 aliphatic carbocycles. The van der Waals surface area contributed by atoms with Gasteiger partial charge in [-0.05, 0) is 36.6 Å². The van der Waals surface area contributed by atoms with E-state index in [9.17, 15) is 0 Å². The molecule has 1 aromatic heterocycles. The van der Waals surface area contributed by atoms with Crippen LogP contribution >= 0.6 is 0 Å². The highest BCUT2D eigenvalue weighted by Gasteiger charge is 2.17. The Morgan fingerprint density at radius 1 is 1.06 bits per heavy atom. The molecule has 0 fully saturated rings. The lowest BCUT2D eigenvalue weighted by Gasteiger charge is -2.19. The quantitative estimate of drug-likeness (QED) is 0.624. The zero-order valence-electron chi connectivity index (χ0n) is 10.1. The molecule has 3 nitrogen and oxygen atoms in total. The van der Waals surface area contributed by atoms with Gasteiger partial charge < -0.3 is 0 Å². The van der Waals surface area contributed by atoms with E-state index in [1.54, 1.807) is 6.20 Å². The molecule has 1 heterocycles. The summed E-state index contributed by atoms with van der Waals surface area (Å²) in [6.07, 6.45) is 1.80. The molecule has 1 atom stereocenters.